The summed E-state index contributed by atoms with van der Waals surface area (Å²) in [6.45, 7) is 4.06. The van der Waals surface area contributed by atoms with Crippen molar-refractivity contribution in [3.8, 4) is 0 Å². The molecule has 1 saturated heterocycles. The van der Waals surface area contributed by atoms with Gasteiger partial charge < -0.3 is 15.1 Å². The molecule has 0 amide bonds. The Hall–Kier alpha value is -0.580. The fourth-order valence-electron chi connectivity index (χ4n) is 2.43. The van der Waals surface area contributed by atoms with Crippen molar-refractivity contribution in [1.82, 2.24) is 0 Å². The third kappa shape index (κ3) is 3.05. The summed E-state index contributed by atoms with van der Waals surface area (Å²) in [6.07, 6.45) is 1.65. The van der Waals surface area contributed by atoms with E-state index in [-0.39, 0.29) is 0 Å². The van der Waals surface area contributed by atoms with E-state index in [2.05, 4.69) is 33.0 Å². The van der Waals surface area contributed by atoms with Crippen LogP contribution in [0.4, 0.5) is 5.69 Å². The molecule has 0 saturated carbocycles. The number of halogens is 1. The minimum atomic E-state index is -0.450. The number of hydrogen-bond donors (Lipinski definition) is 2. The van der Waals surface area contributed by atoms with Crippen LogP contribution < -0.4 is 4.90 Å². The van der Waals surface area contributed by atoms with E-state index in [1.54, 1.807) is 6.92 Å². The normalized spacial score (nSPS) is 19.0. The second kappa shape index (κ2) is 6.04. The molecular formula is C14H20BrNO2. The van der Waals surface area contributed by atoms with Gasteiger partial charge in [0.25, 0.3) is 0 Å². The Balaban J connectivity index is 2.08. The maximum absolute atomic E-state index is 9.60. The highest BCUT2D eigenvalue weighted by Crippen LogP contribution is 2.30. The van der Waals surface area contributed by atoms with E-state index in [9.17, 15) is 5.11 Å². The van der Waals surface area contributed by atoms with Gasteiger partial charge in [-0.1, -0.05) is 22.0 Å². The van der Waals surface area contributed by atoms with E-state index in [0.717, 1.165) is 36.0 Å². The van der Waals surface area contributed by atoms with Gasteiger partial charge in [-0.25, -0.2) is 0 Å². The Morgan fingerprint density at radius 3 is 2.56 bits per heavy atom. The Morgan fingerprint density at radius 1 is 1.39 bits per heavy atom. The predicted octanol–water partition coefficient (Wildman–Crippen LogP) is 2.71. The van der Waals surface area contributed by atoms with Crippen LogP contribution in [0.2, 0.25) is 0 Å². The Morgan fingerprint density at radius 2 is 2.06 bits per heavy atom. The molecule has 0 bridgehead atoms. The molecule has 1 fully saturated rings. The zero-order valence-corrected chi connectivity index (χ0v) is 12.2. The molecule has 4 heteroatoms. The third-order valence-corrected chi connectivity index (χ3v) is 4.36. The lowest BCUT2D eigenvalue weighted by molar-refractivity contribution is 0.198. The number of anilines is 1. The van der Waals surface area contributed by atoms with Gasteiger partial charge >= 0.3 is 0 Å². The van der Waals surface area contributed by atoms with Crippen molar-refractivity contribution >= 4 is 21.6 Å². The number of nitrogens with zero attached hydrogens (tertiary/aromatic N) is 1. The molecule has 0 unspecified atom stereocenters. The van der Waals surface area contributed by atoms with Crippen molar-refractivity contribution in [2.45, 2.75) is 25.9 Å². The molecule has 1 heterocycles. The molecule has 3 nitrogen and oxygen atoms in total. The van der Waals surface area contributed by atoms with Gasteiger partial charge in [-0.2, -0.15) is 0 Å². The molecule has 1 atom stereocenters. The topological polar surface area (TPSA) is 43.7 Å². The van der Waals surface area contributed by atoms with Crippen molar-refractivity contribution in [2.75, 3.05) is 24.6 Å². The largest absolute Gasteiger partial charge is 0.396 e. The van der Waals surface area contributed by atoms with Crippen molar-refractivity contribution in [3.05, 3.63) is 28.2 Å². The lowest BCUT2D eigenvalue weighted by Gasteiger charge is -2.33. The molecule has 18 heavy (non-hydrogen) atoms. The molecule has 0 spiro atoms. The van der Waals surface area contributed by atoms with Crippen molar-refractivity contribution in [1.29, 1.82) is 0 Å². The molecule has 1 aromatic carbocycles. The summed E-state index contributed by atoms with van der Waals surface area (Å²) in [5.74, 6) is 0.460. The Kier molecular flexibility index (Phi) is 4.65. The van der Waals surface area contributed by atoms with Gasteiger partial charge in [0.2, 0.25) is 0 Å². The lowest BCUT2D eigenvalue weighted by Crippen LogP contribution is -2.34. The van der Waals surface area contributed by atoms with Crippen LogP contribution in [0.1, 0.15) is 31.4 Å². The zero-order chi connectivity index (χ0) is 13.1. The van der Waals surface area contributed by atoms with Crippen LogP contribution in [-0.4, -0.2) is 29.9 Å². The minimum absolute atomic E-state index is 0.304. The minimum Gasteiger partial charge on any atom is -0.396 e. The van der Waals surface area contributed by atoms with Crippen molar-refractivity contribution < 1.29 is 10.2 Å². The fourth-order valence-corrected chi connectivity index (χ4v) is 3.12. The number of aliphatic hydroxyl groups excluding tert-OH is 2. The molecule has 1 aliphatic rings. The summed E-state index contributed by atoms with van der Waals surface area (Å²) in [5, 5.41) is 18.7. The van der Waals surface area contributed by atoms with Crippen LogP contribution in [0.3, 0.4) is 0 Å². The molecule has 2 N–H and O–H groups in total. The summed E-state index contributed by atoms with van der Waals surface area (Å²) in [4.78, 5) is 2.34. The SMILES string of the molecule is C[C@H](O)c1ccc(N2CCC(CO)CC2)cc1Br. The fraction of sp³-hybridized carbons (Fsp3) is 0.571. The van der Waals surface area contributed by atoms with E-state index in [1.165, 1.54) is 5.69 Å². The summed E-state index contributed by atoms with van der Waals surface area (Å²) in [7, 11) is 0. The second-order valence-electron chi connectivity index (χ2n) is 4.99. The Labute approximate surface area is 117 Å². The second-order valence-corrected chi connectivity index (χ2v) is 5.85. The first kappa shape index (κ1) is 13.8. The van der Waals surface area contributed by atoms with Crippen molar-refractivity contribution in [3.63, 3.8) is 0 Å². The third-order valence-electron chi connectivity index (χ3n) is 3.67. The molecular weight excluding hydrogens is 294 g/mol. The monoisotopic (exact) mass is 313 g/mol. The first-order valence-electron chi connectivity index (χ1n) is 6.45. The standard InChI is InChI=1S/C14H20BrNO2/c1-10(18)13-3-2-12(8-14(13)15)16-6-4-11(9-17)5-7-16/h2-3,8,10-11,17-18H,4-7,9H2,1H3/t10-/m0/s1. The molecule has 1 aromatic rings. The highest BCUT2D eigenvalue weighted by molar-refractivity contribution is 9.10. The van der Waals surface area contributed by atoms with Crippen LogP contribution in [-0.2, 0) is 0 Å². The van der Waals surface area contributed by atoms with Gasteiger partial charge in [0.05, 0.1) is 6.10 Å². The number of piperidine rings is 1. The number of hydrogen-bond acceptors (Lipinski definition) is 3. The van der Waals surface area contributed by atoms with Gasteiger partial charge in [0.1, 0.15) is 0 Å². The summed E-state index contributed by atoms with van der Waals surface area (Å²) in [6, 6.07) is 6.11. The molecule has 1 aliphatic heterocycles. The zero-order valence-electron chi connectivity index (χ0n) is 10.6. The molecule has 2 rings (SSSR count). The summed E-state index contributed by atoms with van der Waals surface area (Å²) >= 11 is 3.51. The molecule has 100 valence electrons. The van der Waals surface area contributed by atoms with E-state index in [1.807, 2.05) is 6.07 Å². The smallest absolute Gasteiger partial charge is 0.0772 e. The number of aliphatic hydroxyl groups is 2. The van der Waals surface area contributed by atoms with Crippen LogP contribution in [0.15, 0.2) is 22.7 Å². The average Bonchev–Trinajstić information content (AvgIpc) is 2.38. The molecule has 0 aliphatic carbocycles. The van der Waals surface area contributed by atoms with Crippen LogP contribution in [0.25, 0.3) is 0 Å². The maximum Gasteiger partial charge on any atom is 0.0772 e. The van der Waals surface area contributed by atoms with E-state index < -0.39 is 6.10 Å². The van der Waals surface area contributed by atoms with Gasteiger partial charge in [-0.05, 0) is 43.4 Å². The predicted molar refractivity (Wildman–Crippen MR) is 76.8 cm³/mol. The molecule has 0 aromatic heterocycles. The van der Waals surface area contributed by atoms with Crippen LogP contribution in [0.5, 0.6) is 0 Å². The summed E-state index contributed by atoms with van der Waals surface area (Å²) in [5.41, 5.74) is 2.10. The van der Waals surface area contributed by atoms with Crippen LogP contribution in [0, 0.1) is 5.92 Å². The van der Waals surface area contributed by atoms with Gasteiger partial charge in [0, 0.05) is 29.9 Å². The number of rotatable bonds is 3. The van der Waals surface area contributed by atoms with Crippen molar-refractivity contribution in [2.24, 2.45) is 5.92 Å². The highest BCUT2D eigenvalue weighted by Gasteiger charge is 2.19. The van der Waals surface area contributed by atoms with Gasteiger partial charge in [0.15, 0.2) is 0 Å². The Bertz CT molecular complexity index is 401. The van der Waals surface area contributed by atoms with Gasteiger partial charge in [-0.3, -0.25) is 0 Å². The van der Waals surface area contributed by atoms with Gasteiger partial charge in [-0.15, -0.1) is 0 Å². The summed E-state index contributed by atoms with van der Waals surface area (Å²) < 4.78 is 0.958. The number of benzene rings is 1. The maximum atomic E-state index is 9.60. The first-order valence-corrected chi connectivity index (χ1v) is 7.24. The van der Waals surface area contributed by atoms with E-state index in [4.69, 9.17) is 5.11 Å². The molecule has 0 radical (unpaired) electrons. The van der Waals surface area contributed by atoms with E-state index in [0.29, 0.717) is 12.5 Å². The highest BCUT2D eigenvalue weighted by atomic mass is 79.9. The van der Waals surface area contributed by atoms with Crippen LogP contribution >= 0.6 is 15.9 Å². The first-order chi connectivity index (χ1) is 8.61. The lowest BCUT2D eigenvalue weighted by atomic mass is 9.97. The van der Waals surface area contributed by atoms with E-state index >= 15 is 0 Å². The average molecular weight is 314 g/mol. The quantitative estimate of drug-likeness (QED) is 0.901.